The van der Waals surface area contributed by atoms with Crippen molar-refractivity contribution in [3.8, 4) is 0 Å². The second kappa shape index (κ2) is 6.39. The first-order chi connectivity index (χ1) is 11.0. The van der Waals surface area contributed by atoms with E-state index in [1.165, 1.54) is 23.8 Å². The molecule has 2 aromatic carbocycles. The van der Waals surface area contributed by atoms with E-state index >= 15 is 0 Å². The largest absolute Gasteiger partial charge is 0.346 e. The van der Waals surface area contributed by atoms with Gasteiger partial charge in [-0.05, 0) is 71.3 Å². The number of nitrogens with two attached hydrogens (primary N) is 1. The summed E-state index contributed by atoms with van der Waals surface area (Å²) in [6, 6.07) is 10.8. The molecule has 4 nitrogen and oxygen atoms in total. The summed E-state index contributed by atoms with van der Waals surface area (Å²) in [5.74, 6) is -0.184. The highest BCUT2D eigenvalue weighted by molar-refractivity contribution is 7.99. The zero-order valence-corrected chi connectivity index (χ0v) is 13.5. The molecule has 0 spiro atoms. The molecule has 0 radical (unpaired) electrons. The molecular weight excluding hydrogens is 315 g/mol. The first-order valence-corrected chi connectivity index (χ1v) is 9.14. The van der Waals surface area contributed by atoms with Crippen LogP contribution in [0.1, 0.15) is 29.9 Å². The van der Waals surface area contributed by atoms with E-state index in [0.29, 0.717) is 18.2 Å². The van der Waals surface area contributed by atoms with Gasteiger partial charge in [0.15, 0.2) is 0 Å². The lowest BCUT2D eigenvalue weighted by Crippen LogP contribution is -2.22. The first-order valence-electron chi connectivity index (χ1n) is 7.62. The van der Waals surface area contributed by atoms with Crippen LogP contribution in [0.4, 0.5) is 10.1 Å². The van der Waals surface area contributed by atoms with Crippen LogP contribution in [-0.2, 0) is 21.0 Å². The molecule has 3 rings (SSSR count). The summed E-state index contributed by atoms with van der Waals surface area (Å²) in [5, 5.41) is 0. The number of aryl methyl sites for hydroxylation is 1. The normalized spacial score (nSPS) is 19.7. The van der Waals surface area contributed by atoms with E-state index in [-0.39, 0.29) is 4.90 Å². The fourth-order valence-corrected chi connectivity index (χ4v) is 4.18. The first kappa shape index (κ1) is 16.1. The third-order valence-electron chi connectivity index (χ3n) is 4.24. The Hall–Kier alpha value is -1.76. The number of anilines is 1. The standard InChI is InChI=1S/C17H19FN2O2S/c18-14-5-2-6-16(10-14)23(21,22)20-15-7-8-17-12(9-15)3-1-4-13(17)11-19/h2,5-10,13H,1,3-4,11,19H2,(H-,20,21,22)/p+1. The van der Waals surface area contributed by atoms with Crippen molar-refractivity contribution in [3.63, 3.8) is 0 Å². The van der Waals surface area contributed by atoms with Gasteiger partial charge in [-0.2, -0.15) is 9.27 Å². The zero-order chi connectivity index (χ0) is 16.4. The van der Waals surface area contributed by atoms with Crippen molar-refractivity contribution in [1.82, 2.24) is 0 Å². The Bertz CT molecular complexity index is 766. The lowest BCUT2D eigenvalue weighted by Gasteiger charge is -2.24. The minimum atomic E-state index is -3.55. The summed E-state index contributed by atoms with van der Waals surface area (Å²) in [6.07, 6.45) is 3.08. The van der Waals surface area contributed by atoms with Gasteiger partial charge in [0, 0.05) is 6.07 Å². The van der Waals surface area contributed by atoms with Crippen molar-refractivity contribution in [2.45, 2.75) is 30.1 Å². The molecule has 0 fully saturated rings. The highest BCUT2D eigenvalue weighted by Crippen LogP contribution is 2.33. The Kier molecular flexibility index (Phi) is 4.48. The van der Waals surface area contributed by atoms with Crippen LogP contribution < -0.4 is 10.5 Å². The molecule has 0 saturated carbocycles. The van der Waals surface area contributed by atoms with Crippen LogP contribution in [0.5, 0.6) is 0 Å². The van der Waals surface area contributed by atoms with Gasteiger partial charge in [-0.15, -0.1) is 0 Å². The molecule has 2 unspecified atom stereocenters. The summed E-state index contributed by atoms with van der Waals surface area (Å²) in [4.78, 5) is 0.0232. The van der Waals surface area contributed by atoms with Gasteiger partial charge in [0.1, 0.15) is 5.82 Å². The average Bonchev–Trinajstić information content (AvgIpc) is 2.53. The van der Waals surface area contributed by atoms with E-state index in [1.54, 1.807) is 6.07 Å². The molecule has 122 valence electrons. The molecule has 1 aliphatic rings. The Morgan fingerprint density at radius 1 is 1.30 bits per heavy atom. The number of hydrogen-bond donors (Lipinski definition) is 3. The number of rotatable bonds is 4. The van der Waals surface area contributed by atoms with Crippen LogP contribution in [-0.4, -0.2) is 11.1 Å². The van der Waals surface area contributed by atoms with Gasteiger partial charge in [-0.3, -0.25) is 0 Å². The maximum absolute atomic E-state index is 13.3. The predicted molar refractivity (Wildman–Crippen MR) is 90.1 cm³/mol. The number of benzene rings is 2. The number of hydrogen-bond acceptors (Lipinski definition) is 2. The fourth-order valence-electron chi connectivity index (χ4n) is 3.08. The van der Waals surface area contributed by atoms with Gasteiger partial charge in [0.2, 0.25) is 4.90 Å². The van der Waals surface area contributed by atoms with Crippen LogP contribution in [0.15, 0.2) is 47.4 Å². The molecule has 0 saturated heterocycles. The molecule has 0 amide bonds. The highest BCUT2D eigenvalue weighted by atomic mass is 32.3. The Balaban J connectivity index is 1.87. The monoisotopic (exact) mass is 335 g/mol. The number of halogens is 1. The Morgan fingerprint density at radius 3 is 2.87 bits per heavy atom. The van der Waals surface area contributed by atoms with Crippen molar-refractivity contribution >= 4 is 16.1 Å². The van der Waals surface area contributed by atoms with Crippen LogP contribution in [0, 0.1) is 5.82 Å². The lowest BCUT2D eigenvalue weighted by molar-refractivity contribution is 0.501. The zero-order valence-electron chi connectivity index (χ0n) is 12.7. The van der Waals surface area contributed by atoms with E-state index in [9.17, 15) is 13.2 Å². The molecule has 4 N–H and O–H groups in total. The van der Waals surface area contributed by atoms with Gasteiger partial charge >= 0.3 is 10.4 Å². The Morgan fingerprint density at radius 2 is 2.13 bits per heavy atom. The lowest BCUT2D eigenvalue weighted by atomic mass is 9.83. The van der Waals surface area contributed by atoms with Crippen LogP contribution >= 0.6 is 0 Å². The van der Waals surface area contributed by atoms with Crippen molar-refractivity contribution in [1.29, 1.82) is 0 Å². The molecular formula is C17H20FN2O2S+. The minimum Gasteiger partial charge on any atom is -0.330 e. The number of fused-ring (bicyclic) bond motifs is 1. The summed E-state index contributed by atoms with van der Waals surface area (Å²) in [7, 11) is -3.55. The molecule has 0 aliphatic heterocycles. The second-order valence-electron chi connectivity index (χ2n) is 5.82. The molecule has 0 bridgehead atoms. The average molecular weight is 335 g/mol. The minimum absolute atomic E-state index is 0.0232. The molecule has 0 aromatic heterocycles. The molecule has 6 heteroatoms. The summed E-state index contributed by atoms with van der Waals surface area (Å²) < 4.78 is 38.5. The van der Waals surface area contributed by atoms with E-state index in [0.717, 1.165) is 30.9 Å². The van der Waals surface area contributed by atoms with E-state index in [1.807, 2.05) is 12.1 Å². The third kappa shape index (κ3) is 3.44. The summed E-state index contributed by atoms with van der Waals surface area (Å²) in [6.45, 7) is 0.611. The van der Waals surface area contributed by atoms with E-state index in [4.69, 9.17) is 5.73 Å². The van der Waals surface area contributed by atoms with Crippen molar-refractivity contribution < 1.29 is 13.2 Å². The van der Waals surface area contributed by atoms with Crippen molar-refractivity contribution in [2.24, 2.45) is 5.73 Å². The van der Waals surface area contributed by atoms with Gasteiger partial charge in [-0.25, -0.2) is 4.39 Å². The van der Waals surface area contributed by atoms with E-state index < -0.39 is 16.2 Å². The predicted octanol–water partition coefficient (Wildman–Crippen LogP) is 3.56. The molecule has 0 heterocycles. The quantitative estimate of drug-likeness (QED) is 0.748. The number of nitrogens with one attached hydrogen (secondary N) is 1. The topological polar surface area (TPSA) is 75.3 Å². The Labute approximate surface area is 136 Å². The van der Waals surface area contributed by atoms with Gasteiger partial charge < -0.3 is 5.73 Å². The summed E-state index contributed by atoms with van der Waals surface area (Å²) in [5.41, 5.74) is 8.75. The molecule has 2 atom stereocenters. The van der Waals surface area contributed by atoms with Crippen LogP contribution in [0.25, 0.3) is 0 Å². The maximum atomic E-state index is 13.3. The van der Waals surface area contributed by atoms with Crippen molar-refractivity contribution in [2.75, 3.05) is 11.3 Å². The maximum Gasteiger partial charge on any atom is 0.346 e. The van der Waals surface area contributed by atoms with Gasteiger partial charge in [0.25, 0.3) is 0 Å². The van der Waals surface area contributed by atoms with Crippen molar-refractivity contribution in [3.05, 3.63) is 59.4 Å². The van der Waals surface area contributed by atoms with Gasteiger partial charge in [-0.1, -0.05) is 12.1 Å². The van der Waals surface area contributed by atoms with E-state index in [2.05, 4.69) is 4.72 Å². The smallest absolute Gasteiger partial charge is 0.330 e. The molecule has 2 aromatic rings. The van der Waals surface area contributed by atoms with Gasteiger partial charge in [0.05, 0.1) is 5.69 Å². The highest BCUT2D eigenvalue weighted by Gasteiger charge is 2.30. The third-order valence-corrected chi connectivity index (χ3v) is 5.64. The summed E-state index contributed by atoms with van der Waals surface area (Å²) >= 11 is 0. The second-order valence-corrected chi connectivity index (χ2v) is 7.55. The molecule has 23 heavy (non-hydrogen) atoms. The molecule has 1 aliphatic carbocycles. The van der Waals surface area contributed by atoms with Crippen LogP contribution in [0.3, 0.4) is 0 Å². The van der Waals surface area contributed by atoms with Crippen LogP contribution in [0.2, 0.25) is 0 Å². The fraction of sp³-hybridized carbons (Fsp3) is 0.294. The SMILES string of the molecule is NCC1CCCc2cc(N[S+](=O)(O)c3cccc(F)c3)ccc21.